The molecule has 0 bridgehead atoms. The molecule has 140 valence electrons. The van der Waals surface area contributed by atoms with Gasteiger partial charge in [0.15, 0.2) is 13.2 Å². The van der Waals surface area contributed by atoms with Crippen LogP contribution in [-0.4, -0.2) is 55.7 Å². The van der Waals surface area contributed by atoms with Gasteiger partial charge in [0.05, 0.1) is 0 Å². The van der Waals surface area contributed by atoms with Gasteiger partial charge in [0, 0.05) is 22.7 Å². The van der Waals surface area contributed by atoms with E-state index in [1.54, 1.807) is 29.2 Å². The van der Waals surface area contributed by atoms with E-state index in [2.05, 4.69) is 15.4 Å². The highest BCUT2D eigenvalue weighted by Crippen LogP contribution is 2.16. The number of carbonyl (C=O) groups excluding carboxylic acids is 2. The lowest BCUT2D eigenvalue weighted by atomic mass is 10.2. The van der Waals surface area contributed by atoms with E-state index in [9.17, 15) is 9.59 Å². The Hall–Kier alpha value is -2.48. The van der Waals surface area contributed by atoms with E-state index in [-0.39, 0.29) is 31.1 Å². The van der Waals surface area contributed by atoms with E-state index in [0.717, 1.165) is 10.4 Å². The van der Waals surface area contributed by atoms with Crippen LogP contribution in [0.4, 0.5) is 0 Å². The van der Waals surface area contributed by atoms with Crippen molar-refractivity contribution in [1.29, 1.82) is 0 Å². The molecule has 1 aromatic heterocycles. The third-order valence-corrected chi connectivity index (χ3v) is 3.84. The van der Waals surface area contributed by atoms with Crippen LogP contribution in [0.3, 0.4) is 0 Å². The van der Waals surface area contributed by atoms with Crippen molar-refractivity contribution in [2.45, 2.75) is 46.3 Å². The number of nitrogens with zero attached hydrogens (tertiary/aromatic N) is 5. The normalized spacial score (nSPS) is 11.0. The Morgan fingerprint density at radius 1 is 1.15 bits per heavy atom. The molecular weight excluding hydrogens is 358 g/mol. The summed E-state index contributed by atoms with van der Waals surface area (Å²) in [4.78, 5) is 26.9. The zero-order chi connectivity index (χ0) is 19.3. The van der Waals surface area contributed by atoms with Crippen LogP contribution < -0.4 is 0 Å². The molecule has 0 unspecified atom stereocenters. The van der Waals surface area contributed by atoms with Crippen LogP contribution in [-0.2, 0) is 20.9 Å². The number of amides is 1. The first kappa shape index (κ1) is 19.8. The predicted molar refractivity (Wildman–Crippen MR) is 96.3 cm³/mol. The number of hydrogen-bond donors (Lipinski definition) is 0. The second-order valence-electron chi connectivity index (χ2n) is 6.30. The van der Waals surface area contributed by atoms with Crippen LogP contribution in [0, 0.1) is 0 Å². The van der Waals surface area contributed by atoms with Gasteiger partial charge in [-0.05, 0) is 57.2 Å². The topological polar surface area (TPSA) is 90.2 Å². The molecule has 0 fully saturated rings. The van der Waals surface area contributed by atoms with Gasteiger partial charge in [-0.25, -0.2) is 4.79 Å². The molecule has 0 aliphatic rings. The minimum Gasteiger partial charge on any atom is -0.454 e. The van der Waals surface area contributed by atoms with Crippen LogP contribution in [0.5, 0.6) is 0 Å². The number of benzene rings is 1. The number of hydrogen-bond acceptors (Lipinski definition) is 6. The number of rotatable bonds is 7. The average Bonchev–Trinajstić information content (AvgIpc) is 3.01. The molecule has 0 radical (unpaired) electrons. The number of tetrazole rings is 1. The quantitative estimate of drug-likeness (QED) is 0.685. The van der Waals surface area contributed by atoms with Gasteiger partial charge in [-0.15, -0.1) is 10.2 Å². The van der Waals surface area contributed by atoms with Crippen molar-refractivity contribution < 1.29 is 14.3 Å². The second-order valence-corrected chi connectivity index (χ2v) is 6.74. The van der Waals surface area contributed by atoms with Crippen LogP contribution in [0.15, 0.2) is 24.3 Å². The van der Waals surface area contributed by atoms with Gasteiger partial charge < -0.3 is 9.64 Å². The Labute approximate surface area is 157 Å². The molecule has 0 aliphatic carbocycles. The van der Waals surface area contributed by atoms with Crippen molar-refractivity contribution in [2.24, 2.45) is 0 Å². The average molecular weight is 380 g/mol. The molecule has 8 nitrogen and oxygen atoms in total. The summed E-state index contributed by atoms with van der Waals surface area (Å²) in [7, 11) is 0. The van der Waals surface area contributed by atoms with Crippen molar-refractivity contribution in [3.05, 3.63) is 29.3 Å². The van der Waals surface area contributed by atoms with Gasteiger partial charge in [-0.3, -0.25) is 4.79 Å². The molecule has 9 heteroatoms. The highest BCUT2D eigenvalue weighted by atomic mass is 35.5. The van der Waals surface area contributed by atoms with Crippen molar-refractivity contribution >= 4 is 23.5 Å². The number of ether oxygens (including phenoxy) is 1. The third kappa shape index (κ3) is 5.26. The fourth-order valence-electron chi connectivity index (χ4n) is 2.57. The molecule has 2 rings (SSSR count). The fourth-order valence-corrected chi connectivity index (χ4v) is 2.70. The first-order valence-electron chi connectivity index (χ1n) is 8.28. The third-order valence-electron chi connectivity index (χ3n) is 3.58. The van der Waals surface area contributed by atoms with Crippen LogP contribution in [0.1, 0.15) is 27.7 Å². The molecule has 0 aliphatic heterocycles. The fraction of sp³-hybridized carbons (Fsp3) is 0.471. The van der Waals surface area contributed by atoms with E-state index in [0.29, 0.717) is 10.8 Å². The molecule has 1 heterocycles. The summed E-state index contributed by atoms with van der Waals surface area (Å²) in [6, 6.07) is 7.00. The molecule has 0 saturated heterocycles. The lowest BCUT2D eigenvalue weighted by molar-refractivity contribution is -0.154. The largest absolute Gasteiger partial charge is 0.454 e. The Kier molecular flexibility index (Phi) is 6.68. The molecule has 0 N–H and O–H groups in total. The number of aromatic nitrogens is 4. The summed E-state index contributed by atoms with van der Waals surface area (Å²) in [5.41, 5.74) is 0.730. The lowest BCUT2D eigenvalue weighted by Gasteiger charge is -2.30. The zero-order valence-electron chi connectivity index (χ0n) is 15.2. The molecule has 0 spiro atoms. The predicted octanol–water partition coefficient (Wildman–Crippen LogP) is 2.18. The molecule has 26 heavy (non-hydrogen) atoms. The maximum absolute atomic E-state index is 12.2. The van der Waals surface area contributed by atoms with E-state index in [1.807, 2.05) is 27.7 Å². The Morgan fingerprint density at radius 2 is 1.77 bits per heavy atom. The first-order chi connectivity index (χ1) is 12.3. The Balaban J connectivity index is 1.90. The van der Waals surface area contributed by atoms with Gasteiger partial charge in [0.1, 0.15) is 0 Å². The standard InChI is InChI=1S/C17H22ClN5O3/c1-11(2)23(12(3)4)15(24)10-26-16(25)9-22-20-17(19-21-22)13-5-7-14(18)8-6-13/h5-8,11-12H,9-10H2,1-4H3. The summed E-state index contributed by atoms with van der Waals surface area (Å²) in [6.45, 7) is 7.12. The highest BCUT2D eigenvalue weighted by Gasteiger charge is 2.21. The summed E-state index contributed by atoms with van der Waals surface area (Å²) in [5, 5.41) is 12.4. The zero-order valence-corrected chi connectivity index (χ0v) is 16.0. The van der Waals surface area contributed by atoms with E-state index < -0.39 is 5.97 Å². The van der Waals surface area contributed by atoms with Crippen molar-refractivity contribution in [3.63, 3.8) is 0 Å². The smallest absolute Gasteiger partial charge is 0.330 e. The minimum absolute atomic E-state index is 0.0279. The van der Waals surface area contributed by atoms with Gasteiger partial charge in [0.2, 0.25) is 5.82 Å². The van der Waals surface area contributed by atoms with E-state index >= 15 is 0 Å². The molecule has 1 aromatic carbocycles. The van der Waals surface area contributed by atoms with Crippen molar-refractivity contribution in [1.82, 2.24) is 25.1 Å². The Bertz CT molecular complexity index is 750. The molecule has 2 aromatic rings. The molecule has 1 amide bonds. The number of carbonyl (C=O) groups is 2. The summed E-state index contributed by atoms with van der Waals surface area (Å²) >= 11 is 5.84. The van der Waals surface area contributed by atoms with Crippen LogP contribution >= 0.6 is 11.6 Å². The summed E-state index contributed by atoms with van der Waals surface area (Å²) < 4.78 is 5.04. The van der Waals surface area contributed by atoms with Gasteiger partial charge >= 0.3 is 5.97 Å². The van der Waals surface area contributed by atoms with E-state index in [4.69, 9.17) is 16.3 Å². The second kappa shape index (κ2) is 8.75. The first-order valence-corrected chi connectivity index (χ1v) is 8.66. The minimum atomic E-state index is -0.606. The molecular formula is C17H22ClN5O3. The van der Waals surface area contributed by atoms with Crippen LogP contribution in [0.2, 0.25) is 5.02 Å². The van der Waals surface area contributed by atoms with Crippen LogP contribution in [0.25, 0.3) is 11.4 Å². The highest BCUT2D eigenvalue weighted by molar-refractivity contribution is 6.30. The van der Waals surface area contributed by atoms with E-state index in [1.165, 1.54) is 0 Å². The van der Waals surface area contributed by atoms with Gasteiger partial charge in [0.25, 0.3) is 5.91 Å². The maximum atomic E-state index is 12.2. The lowest BCUT2D eigenvalue weighted by Crippen LogP contribution is -2.44. The monoisotopic (exact) mass is 379 g/mol. The van der Waals surface area contributed by atoms with Gasteiger partial charge in [-0.2, -0.15) is 4.80 Å². The number of halogens is 1. The number of esters is 1. The summed E-state index contributed by atoms with van der Waals surface area (Å²) in [6.07, 6.45) is 0. The molecule has 0 atom stereocenters. The SMILES string of the molecule is CC(C)N(C(=O)COC(=O)Cn1nnc(-c2ccc(Cl)cc2)n1)C(C)C. The maximum Gasteiger partial charge on any atom is 0.330 e. The van der Waals surface area contributed by atoms with Crippen molar-refractivity contribution in [3.8, 4) is 11.4 Å². The molecule has 0 saturated carbocycles. The van der Waals surface area contributed by atoms with Crippen molar-refractivity contribution in [2.75, 3.05) is 6.61 Å². The van der Waals surface area contributed by atoms with Gasteiger partial charge in [-0.1, -0.05) is 11.6 Å². The summed E-state index contributed by atoms with van der Waals surface area (Å²) in [5.74, 6) is -0.473. The Morgan fingerprint density at radius 3 is 2.35 bits per heavy atom.